The summed E-state index contributed by atoms with van der Waals surface area (Å²) in [5.41, 5.74) is 0.384. The third-order valence-electron chi connectivity index (χ3n) is 15.7. The number of nitrogens with one attached hydrogen (secondary N) is 1. The van der Waals surface area contributed by atoms with Gasteiger partial charge in [-0.15, -0.1) is 0 Å². The first-order chi connectivity index (χ1) is 23.7. The molecule has 0 amide bonds. The van der Waals surface area contributed by atoms with Gasteiger partial charge in [0.15, 0.2) is 5.78 Å². The number of aliphatic carboxylic acids is 1. The van der Waals surface area contributed by atoms with E-state index in [1.165, 1.54) is 5.57 Å². The van der Waals surface area contributed by atoms with Gasteiger partial charge >= 0.3 is 11.9 Å². The predicted octanol–water partition coefficient (Wildman–Crippen LogP) is 7.32. The van der Waals surface area contributed by atoms with Crippen molar-refractivity contribution in [2.75, 3.05) is 6.54 Å². The third-order valence-corrected chi connectivity index (χ3v) is 15.7. The zero-order valence-corrected chi connectivity index (χ0v) is 32.6. The van der Waals surface area contributed by atoms with Crippen molar-refractivity contribution >= 4 is 17.7 Å². The van der Waals surface area contributed by atoms with Gasteiger partial charge in [-0.1, -0.05) is 54.0 Å². The van der Waals surface area contributed by atoms with Crippen molar-refractivity contribution in [3.8, 4) is 0 Å². The smallest absolute Gasteiger partial charge is 0.309 e. The van der Waals surface area contributed by atoms with E-state index < -0.39 is 28.9 Å². The van der Waals surface area contributed by atoms with E-state index >= 15 is 0 Å². The number of Topliss-reactive ketones (excluding diaryl/α,β-unsaturated/α-hetero) is 1. The van der Waals surface area contributed by atoms with Crippen molar-refractivity contribution in [2.45, 2.75) is 145 Å². The Morgan fingerprint density at radius 1 is 0.961 bits per heavy atom. The summed E-state index contributed by atoms with van der Waals surface area (Å²) in [5, 5.41) is 25.1. The molecule has 3 N–H and O–H groups in total. The maximum absolute atomic E-state index is 14.0. The Labute approximate surface area is 305 Å². The second-order valence-corrected chi connectivity index (χ2v) is 19.4. The summed E-state index contributed by atoms with van der Waals surface area (Å²) in [6.07, 6.45) is 10.5. The lowest BCUT2D eigenvalue weighted by Gasteiger charge is -2.72. The SMILES string of the molecule is CC(C)C1=C2[C@H]3CC[C@@H]4[C@@]5(C)CC[C@H](OC(=O)CC(C)(C)C(=O)O)C(C)(C)[C@@H]5CC[C@@]4(C)[C@]3(C)CCC2([C@H](O)CNCc2ncccn2)CC1=O. The summed E-state index contributed by atoms with van der Waals surface area (Å²) in [6, 6.07) is 1.80. The fourth-order valence-electron chi connectivity index (χ4n) is 12.8. The molecule has 5 aliphatic carbocycles. The average Bonchev–Trinajstić information content (AvgIpc) is 3.36. The second kappa shape index (κ2) is 13.0. The molecule has 0 spiro atoms. The monoisotopic (exact) mass is 705 g/mol. The van der Waals surface area contributed by atoms with Gasteiger partial charge in [0.05, 0.1) is 24.5 Å². The molecular formula is C42H63N3O6. The second-order valence-electron chi connectivity index (χ2n) is 19.4. The molecule has 4 fully saturated rings. The van der Waals surface area contributed by atoms with Crippen LogP contribution in [0.25, 0.3) is 0 Å². The number of rotatable bonds is 10. The number of allylic oxidation sites excluding steroid dienone is 1. The van der Waals surface area contributed by atoms with E-state index in [-0.39, 0.29) is 51.8 Å². The Balaban J connectivity index is 1.26. The van der Waals surface area contributed by atoms with Crippen molar-refractivity contribution in [1.82, 2.24) is 15.3 Å². The highest BCUT2D eigenvalue weighted by Gasteiger charge is 2.70. The van der Waals surface area contributed by atoms with Crippen molar-refractivity contribution in [2.24, 2.45) is 56.2 Å². The van der Waals surface area contributed by atoms with Gasteiger partial charge in [-0.2, -0.15) is 0 Å². The van der Waals surface area contributed by atoms with Crippen LogP contribution < -0.4 is 5.32 Å². The van der Waals surface area contributed by atoms with Crippen LogP contribution in [0.3, 0.4) is 0 Å². The van der Waals surface area contributed by atoms with Gasteiger partial charge in [0.25, 0.3) is 0 Å². The zero-order chi connectivity index (χ0) is 37.4. The molecule has 0 aliphatic heterocycles. The summed E-state index contributed by atoms with van der Waals surface area (Å²) < 4.78 is 6.16. The number of aliphatic hydroxyl groups excluding tert-OH is 1. The maximum atomic E-state index is 14.0. The molecule has 1 aromatic rings. The average molecular weight is 706 g/mol. The highest BCUT2D eigenvalue weighted by Crippen LogP contribution is 2.77. The predicted molar refractivity (Wildman–Crippen MR) is 195 cm³/mol. The van der Waals surface area contributed by atoms with Gasteiger partial charge in [-0.3, -0.25) is 14.4 Å². The molecule has 282 valence electrons. The number of nitrogens with zero attached hydrogens (tertiary/aromatic N) is 2. The van der Waals surface area contributed by atoms with Crippen LogP contribution >= 0.6 is 0 Å². The number of aliphatic hydroxyl groups is 1. The summed E-state index contributed by atoms with van der Waals surface area (Å²) in [6.45, 7) is 20.4. The largest absolute Gasteiger partial charge is 0.481 e. The van der Waals surface area contributed by atoms with Gasteiger partial charge in [-0.25, -0.2) is 9.97 Å². The van der Waals surface area contributed by atoms with E-state index in [0.29, 0.717) is 37.2 Å². The lowest BCUT2D eigenvalue weighted by molar-refractivity contribution is -0.235. The van der Waals surface area contributed by atoms with E-state index in [9.17, 15) is 24.6 Å². The van der Waals surface area contributed by atoms with Gasteiger partial charge in [0.2, 0.25) is 0 Å². The molecule has 1 aromatic heterocycles. The number of esters is 1. The number of ketones is 1. The van der Waals surface area contributed by atoms with Crippen LogP contribution in [0, 0.1) is 56.2 Å². The fraction of sp³-hybridized carbons (Fsp3) is 0.786. The molecule has 9 heteroatoms. The Kier molecular flexibility index (Phi) is 9.73. The lowest BCUT2D eigenvalue weighted by Crippen LogP contribution is -2.66. The molecular weight excluding hydrogens is 642 g/mol. The molecule has 1 unspecified atom stereocenters. The number of hydrogen-bond acceptors (Lipinski definition) is 8. The van der Waals surface area contributed by atoms with E-state index in [1.807, 2.05) is 0 Å². The van der Waals surface area contributed by atoms with E-state index in [0.717, 1.165) is 56.9 Å². The fourth-order valence-corrected chi connectivity index (χ4v) is 12.8. The molecule has 0 aromatic carbocycles. The van der Waals surface area contributed by atoms with Crippen molar-refractivity contribution in [3.05, 3.63) is 35.4 Å². The van der Waals surface area contributed by atoms with Crippen molar-refractivity contribution in [1.29, 1.82) is 0 Å². The summed E-state index contributed by atoms with van der Waals surface area (Å²) in [7, 11) is 0. The quantitative estimate of drug-likeness (QED) is 0.214. The Morgan fingerprint density at radius 3 is 2.29 bits per heavy atom. The first-order valence-corrected chi connectivity index (χ1v) is 19.6. The van der Waals surface area contributed by atoms with Crippen LogP contribution in [0.1, 0.15) is 132 Å². The number of carbonyl (C=O) groups is 3. The number of fused-ring (bicyclic) bond motifs is 7. The number of carbonyl (C=O) groups excluding carboxylic acids is 2. The molecule has 4 saturated carbocycles. The number of carboxylic acid groups (broad SMARTS) is 1. The lowest BCUT2D eigenvalue weighted by atomic mass is 9.33. The number of carboxylic acids is 1. The summed E-state index contributed by atoms with van der Waals surface area (Å²) in [4.78, 5) is 47.4. The highest BCUT2D eigenvalue weighted by atomic mass is 16.5. The maximum Gasteiger partial charge on any atom is 0.309 e. The Bertz CT molecular complexity index is 1570. The third kappa shape index (κ3) is 5.91. The zero-order valence-electron chi connectivity index (χ0n) is 32.6. The van der Waals surface area contributed by atoms with Gasteiger partial charge in [-0.05, 0) is 117 Å². The van der Waals surface area contributed by atoms with Crippen LogP contribution in [0.15, 0.2) is 29.6 Å². The molecule has 9 nitrogen and oxygen atoms in total. The first-order valence-electron chi connectivity index (χ1n) is 19.6. The first kappa shape index (κ1) is 38.1. The van der Waals surface area contributed by atoms with E-state index in [4.69, 9.17) is 4.74 Å². The minimum atomic E-state index is -1.17. The molecule has 5 aliphatic rings. The normalized spacial score (nSPS) is 38.0. The Hall–Kier alpha value is -2.65. The minimum absolute atomic E-state index is 0.0195. The molecule has 0 bridgehead atoms. The van der Waals surface area contributed by atoms with E-state index in [1.54, 1.807) is 32.3 Å². The molecule has 1 heterocycles. The van der Waals surface area contributed by atoms with Gasteiger partial charge in [0, 0.05) is 36.2 Å². The molecule has 0 radical (unpaired) electrons. The van der Waals surface area contributed by atoms with Crippen molar-refractivity contribution < 1.29 is 29.3 Å². The standard InChI is InChI=1S/C42H63N3O6/c1-25(2)34-27(46)21-42(30(47)23-43-24-32-44-19-10-20-45-32)18-17-40(8)26(35(34)42)11-12-29-39(7)15-14-31(51-33(48)22-37(3,4)36(49)50)38(5,6)28(39)13-16-41(29,40)9/h10,19-20,25-26,28-31,43,47H,11-18,21-24H2,1-9H3,(H,49,50)/t26-,28+,29-,30-,31+,39+,40-,41-,42?/m1/s1. The van der Waals surface area contributed by atoms with E-state index in [2.05, 4.69) is 63.8 Å². The molecule has 0 saturated heterocycles. The number of ether oxygens (including phenoxy) is 1. The van der Waals surface area contributed by atoms with Crippen LogP contribution in [0.4, 0.5) is 0 Å². The van der Waals surface area contributed by atoms with Crippen LogP contribution in [-0.2, 0) is 25.7 Å². The minimum Gasteiger partial charge on any atom is -0.481 e. The van der Waals surface area contributed by atoms with Gasteiger partial charge < -0.3 is 20.3 Å². The summed E-state index contributed by atoms with van der Waals surface area (Å²) >= 11 is 0. The number of aromatic nitrogens is 2. The van der Waals surface area contributed by atoms with Crippen molar-refractivity contribution in [3.63, 3.8) is 0 Å². The Morgan fingerprint density at radius 2 is 1.65 bits per heavy atom. The van der Waals surface area contributed by atoms with Crippen LogP contribution in [0.2, 0.25) is 0 Å². The molecule has 51 heavy (non-hydrogen) atoms. The molecule has 6 rings (SSSR count). The number of hydrogen-bond donors (Lipinski definition) is 3. The van der Waals surface area contributed by atoms with Crippen LogP contribution in [0.5, 0.6) is 0 Å². The van der Waals surface area contributed by atoms with Gasteiger partial charge in [0.1, 0.15) is 11.9 Å². The molecule has 9 atom stereocenters. The summed E-state index contributed by atoms with van der Waals surface area (Å²) in [5.74, 6) is 0.691. The topological polar surface area (TPSA) is 139 Å². The highest BCUT2D eigenvalue weighted by molar-refractivity contribution is 6.00. The van der Waals surface area contributed by atoms with Crippen LogP contribution in [-0.4, -0.2) is 56.7 Å².